The molecule has 0 fully saturated rings. The van der Waals surface area contributed by atoms with Crippen LogP contribution in [0.3, 0.4) is 0 Å². The summed E-state index contributed by atoms with van der Waals surface area (Å²) in [6.45, 7) is 4.32. The number of tetrazole rings is 1. The first-order valence-corrected chi connectivity index (χ1v) is 11.9. The lowest BCUT2D eigenvalue weighted by Crippen LogP contribution is -2.25. The minimum atomic E-state index is -0.408. The van der Waals surface area contributed by atoms with Crippen LogP contribution >= 0.6 is 0 Å². The molecule has 0 aliphatic carbocycles. The van der Waals surface area contributed by atoms with Crippen molar-refractivity contribution in [1.29, 1.82) is 0 Å². The highest BCUT2D eigenvalue weighted by atomic mass is 19.1. The summed E-state index contributed by atoms with van der Waals surface area (Å²) in [5.41, 5.74) is 5.28. The molecule has 0 saturated heterocycles. The fourth-order valence-corrected chi connectivity index (χ4v) is 4.41. The summed E-state index contributed by atoms with van der Waals surface area (Å²) in [6, 6.07) is 14.7. The number of aromatic amines is 1. The van der Waals surface area contributed by atoms with Crippen molar-refractivity contribution in [1.82, 2.24) is 34.7 Å². The topological polar surface area (TPSA) is 94.3 Å². The van der Waals surface area contributed by atoms with Crippen molar-refractivity contribution in [3.05, 3.63) is 100 Å². The Labute approximate surface area is 207 Å². The van der Waals surface area contributed by atoms with Gasteiger partial charge in [-0.25, -0.2) is 9.18 Å². The summed E-state index contributed by atoms with van der Waals surface area (Å²) in [7, 11) is 0. The molecule has 3 heterocycles. The van der Waals surface area contributed by atoms with Gasteiger partial charge >= 0.3 is 5.69 Å². The van der Waals surface area contributed by atoms with Crippen LogP contribution in [0.15, 0.2) is 71.9 Å². The SMILES string of the molecule is CCCCc1cn(-c2c(C)cccc2F)c(=O)n1Cc1ccc(-c2cnccc2-c2nn[nH]n2)cc1. The maximum absolute atomic E-state index is 14.7. The molecule has 0 radical (unpaired) electrons. The summed E-state index contributed by atoms with van der Waals surface area (Å²) in [5, 5.41) is 14.3. The molecule has 36 heavy (non-hydrogen) atoms. The Bertz CT molecular complexity index is 1520. The van der Waals surface area contributed by atoms with Crippen LogP contribution in [-0.4, -0.2) is 34.7 Å². The molecule has 8 nitrogen and oxygen atoms in total. The highest BCUT2D eigenvalue weighted by Crippen LogP contribution is 2.29. The molecule has 0 aliphatic rings. The molecule has 0 bridgehead atoms. The van der Waals surface area contributed by atoms with Crippen molar-refractivity contribution in [2.75, 3.05) is 0 Å². The normalized spacial score (nSPS) is 11.2. The van der Waals surface area contributed by atoms with E-state index in [1.54, 1.807) is 29.2 Å². The minimum absolute atomic E-state index is 0.245. The Hall–Kier alpha value is -4.40. The van der Waals surface area contributed by atoms with Gasteiger partial charge in [0.1, 0.15) is 5.82 Å². The van der Waals surface area contributed by atoms with E-state index in [0.717, 1.165) is 52.8 Å². The minimum Gasteiger partial charge on any atom is -0.292 e. The molecular formula is C27H26FN7O. The molecule has 5 rings (SSSR count). The molecule has 182 valence electrons. The lowest BCUT2D eigenvalue weighted by molar-refractivity contribution is 0.611. The number of rotatable bonds is 8. The summed E-state index contributed by atoms with van der Waals surface area (Å²) in [5.74, 6) is 0.0860. The predicted octanol–water partition coefficient (Wildman–Crippen LogP) is 4.72. The van der Waals surface area contributed by atoms with Crippen LogP contribution in [0.2, 0.25) is 0 Å². The zero-order chi connectivity index (χ0) is 25.1. The van der Waals surface area contributed by atoms with Crippen LogP contribution in [0.1, 0.15) is 36.6 Å². The first-order chi connectivity index (χ1) is 17.6. The number of H-pyrrole nitrogens is 1. The van der Waals surface area contributed by atoms with E-state index in [0.29, 0.717) is 18.1 Å². The van der Waals surface area contributed by atoms with Gasteiger partial charge < -0.3 is 0 Å². The van der Waals surface area contributed by atoms with Crippen LogP contribution < -0.4 is 5.69 Å². The van der Waals surface area contributed by atoms with Crippen molar-refractivity contribution < 1.29 is 4.39 Å². The fourth-order valence-electron chi connectivity index (χ4n) is 4.41. The lowest BCUT2D eigenvalue weighted by Gasteiger charge is -2.10. The van der Waals surface area contributed by atoms with Crippen LogP contribution in [-0.2, 0) is 13.0 Å². The van der Waals surface area contributed by atoms with E-state index in [4.69, 9.17) is 0 Å². The Morgan fingerprint density at radius 1 is 1.06 bits per heavy atom. The van der Waals surface area contributed by atoms with Crippen LogP contribution in [0.25, 0.3) is 28.2 Å². The average Bonchev–Trinajstić information content (AvgIpc) is 3.53. The molecular weight excluding hydrogens is 457 g/mol. The fraction of sp³-hybridized carbons (Fsp3) is 0.222. The number of benzene rings is 2. The largest absolute Gasteiger partial charge is 0.333 e. The van der Waals surface area contributed by atoms with E-state index in [-0.39, 0.29) is 5.69 Å². The number of aryl methyl sites for hydroxylation is 2. The van der Waals surface area contributed by atoms with Gasteiger partial charge in [-0.1, -0.05) is 49.7 Å². The van der Waals surface area contributed by atoms with E-state index in [1.807, 2.05) is 43.3 Å². The van der Waals surface area contributed by atoms with Gasteiger partial charge in [0.2, 0.25) is 5.82 Å². The Balaban J connectivity index is 1.49. The monoisotopic (exact) mass is 483 g/mol. The highest BCUT2D eigenvalue weighted by molar-refractivity contribution is 5.79. The highest BCUT2D eigenvalue weighted by Gasteiger charge is 2.17. The predicted molar refractivity (Wildman–Crippen MR) is 135 cm³/mol. The number of nitrogens with zero attached hydrogens (tertiary/aromatic N) is 6. The standard InChI is InChI=1S/C27H26FN7O/c1-3-4-7-21-17-35(25-18(2)6-5-8-24(25)28)27(36)34(21)16-19-9-11-20(12-10-19)23-15-29-14-13-22(23)26-30-32-33-31-26/h5-6,8-15,17H,3-4,7,16H2,1-2H3,(H,30,31,32,33). The second-order valence-electron chi connectivity index (χ2n) is 8.72. The van der Waals surface area contributed by atoms with Gasteiger partial charge in [0.05, 0.1) is 12.2 Å². The maximum atomic E-state index is 14.7. The van der Waals surface area contributed by atoms with Gasteiger partial charge in [0.25, 0.3) is 0 Å². The third-order valence-electron chi connectivity index (χ3n) is 6.29. The molecule has 0 aliphatic heterocycles. The molecule has 5 aromatic rings. The molecule has 0 amide bonds. The van der Waals surface area contributed by atoms with Gasteiger partial charge in [-0.3, -0.25) is 14.1 Å². The number of nitrogens with one attached hydrogen (secondary N) is 1. The molecule has 1 N–H and O–H groups in total. The second-order valence-corrected chi connectivity index (χ2v) is 8.72. The number of halogens is 1. The number of hydrogen-bond donors (Lipinski definition) is 1. The second kappa shape index (κ2) is 10.1. The zero-order valence-electron chi connectivity index (χ0n) is 20.1. The molecule has 0 atom stereocenters. The van der Waals surface area contributed by atoms with E-state index < -0.39 is 5.82 Å². The summed E-state index contributed by atoms with van der Waals surface area (Å²) >= 11 is 0. The van der Waals surface area contributed by atoms with Crippen molar-refractivity contribution in [2.45, 2.75) is 39.7 Å². The number of hydrogen-bond acceptors (Lipinski definition) is 5. The number of aromatic nitrogens is 7. The van der Waals surface area contributed by atoms with E-state index >= 15 is 0 Å². The summed E-state index contributed by atoms with van der Waals surface area (Å²) < 4.78 is 17.9. The van der Waals surface area contributed by atoms with Gasteiger partial charge in [0, 0.05) is 35.4 Å². The van der Waals surface area contributed by atoms with E-state index in [1.165, 1.54) is 10.6 Å². The molecule has 2 aromatic carbocycles. The number of imidazole rings is 1. The third kappa shape index (κ3) is 4.47. The van der Waals surface area contributed by atoms with E-state index in [2.05, 4.69) is 32.5 Å². The molecule has 9 heteroatoms. The Kier molecular flexibility index (Phi) is 6.53. The van der Waals surface area contributed by atoms with Gasteiger partial charge in [-0.15, -0.1) is 10.2 Å². The van der Waals surface area contributed by atoms with Crippen molar-refractivity contribution in [3.8, 4) is 28.2 Å². The van der Waals surface area contributed by atoms with Crippen LogP contribution in [0.4, 0.5) is 4.39 Å². The molecule has 0 spiro atoms. The van der Waals surface area contributed by atoms with E-state index in [9.17, 15) is 9.18 Å². The molecule has 0 saturated carbocycles. The smallest absolute Gasteiger partial charge is 0.292 e. The third-order valence-corrected chi connectivity index (χ3v) is 6.29. The maximum Gasteiger partial charge on any atom is 0.333 e. The first-order valence-electron chi connectivity index (χ1n) is 11.9. The van der Waals surface area contributed by atoms with Gasteiger partial charge in [0.15, 0.2) is 0 Å². The van der Waals surface area contributed by atoms with Gasteiger partial charge in [-0.05, 0) is 53.8 Å². The quantitative estimate of drug-likeness (QED) is 0.345. The zero-order valence-corrected chi connectivity index (χ0v) is 20.1. The van der Waals surface area contributed by atoms with Crippen LogP contribution in [0, 0.1) is 12.7 Å². The first kappa shape index (κ1) is 23.3. The lowest BCUT2D eigenvalue weighted by atomic mass is 10.0. The average molecular weight is 484 g/mol. The van der Waals surface area contributed by atoms with Gasteiger partial charge in [-0.2, -0.15) is 5.21 Å². The van der Waals surface area contributed by atoms with Crippen molar-refractivity contribution >= 4 is 0 Å². The summed E-state index contributed by atoms with van der Waals surface area (Å²) in [6.07, 6.45) is 7.93. The number of para-hydroxylation sites is 1. The van der Waals surface area contributed by atoms with Crippen LogP contribution in [0.5, 0.6) is 0 Å². The Morgan fingerprint density at radius 3 is 2.61 bits per heavy atom. The number of pyridine rings is 1. The summed E-state index contributed by atoms with van der Waals surface area (Å²) in [4.78, 5) is 17.7. The molecule has 0 unspecified atom stereocenters. The van der Waals surface area contributed by atoms with Crippen molar-refractivity contribution in [2.24, 2.45) is 0 Å². The Morgan fingerprint density at radius 2 is 1.89 bits per heavy atom. The molecule has 3 aromatic heterocycles. The van der Waals surface area contributed by atoms with Crippen molar-refractivity contribution in [3.63, 3.8) is 0 Å². The number of unbranched alkanes of at least 4 members (excludes halogenated alkanes) is 1.